The summed E-state index contributed by atoms with van der Waals surface area (Å²) in [5.74, 6) is -2.00. The molecule has 2 atom stereocenters. The van der Waals surface area contributed by atoms with Crippen molar-refractivity contribution in [3.63, 3.8) is 0 Å². The first-order chi connectivity index (χ1) is 11.0. The van der Waals surface area contributed by atoms with Gasteiger partial charge in [0.1, 0.15) is 0 Å². The highest BCUT2D eigenvalue weighted by Crippen LogP contribution is 2.45. The molecule has 2 aromatic carbocycles. The van der Waals surface area contributed by atoms with Crippen molar-refractivity contribution in [2.24, 2.45) is 0 Å². The Morgan fingerprint density at radius 3 is 2.13 bits per heavy atom. The molecule has 0 aliphatic rings. The highest BCUT2D eigenvalue weighted by atomic mass is 31.2. The van der Waals surface area contributed by atoms with Crippen molar-refractivity contribution < 1.29 is 19.4 Å². The fourth-order valence-electron chi connectivity index (χ4n) is 2.56. The Labute approximate surface area is 136 Å². The molecule has 0 spiro atoms. The van der Waals surface area contributed by atoms with Crippen LogP contribution in [-0.4, -0.2) is 28.3 Å². The van der Waals surface area contributed by atoms with Gasteiger partial charge in [-0.2, -0.15) is 0 Å². The molecule has 0 aliphatic heterocycles. The van der Waals surface area contributed by atoms with E-state index >= 15 is 0 Å². The van der Waals surface area contributed by atoms with E-state index in [1.807, 2.05) is 30.3 Å². The zero-order valence-electron chi connectivity index (χ0n) is 12.8. The summed E-state index contributed by atoms with van der Waals surface area (Å²) in [7, 11) is -3.49. The minimum absolute atomic E-state index is 0.137. The molecule has 4 nitrogen and oxygen atoms in total. The Morgan fingerprint density at radius 2 is 1.57 bits per heavy atom. The standard InChI is InChI=1S/C18H21O4P/c19-18(20)17(16-11-5-2-6-12-16)14-23(21,22)13-7-10-15-8-3-1-4-9-15/h1-6,8-9,11-12,17H,7,10,13-14H2,(H,19,20)(H,21,22). The molecule has 2 aromatic rings. The third-order valence-corrected chi connectivity index (χ3v) is 5.73. The van der Waals surface area contributed by atoms with Crippen molar-refractivity contribution in [3.8, 4) is 0 Å². The molecule has 0 amide bonds. The summed E-state index contributed by atoms with van der Waals surface area (Å²) >= 11 is 0. The van der Waals surface area contributed by atoms with E-state index < -0.39 is 19.3 Å². The lowest BCUT2D eigenvalue weighted by atomic mass is 10.0. The number of carboxylic acids is 1. The molecule has 0 bridgehead atoms. The lowest BCUT2D eigenvalue weighted by molar-refractivity contribution is -0.138. The lowest BCUT2D eigenvalue weighted by Gasteiger charge is -2.17. The van der Waals surface area contributed by atoms with Gasteiger partial charge in [0.25, 0.3) is 0 Å². The van der Waals surface area contributed by atoms with Crippen LogP contribution in [0.25, 0.3) is 0 Å². The quantitative estimate of drug-likeness (QED) is 0.722. The van der Waals surface area contributed by atoms with Gasteiger partial charge >= 0.3 is 5.97 Å². The third-order valence-electron chi connectivity index (χ3n) is 3.78. The Hall–Kier alpha value is -1.90. The van der Waals surface area contributed by atoms with Crippen LogP contribution in [0.1, 0.15) is 23.5 Å². The molecule has 0 aliphatic carbocycles. The highest BCUT2D eigenvalue weighted by Gasteiger charge is 2.29. The number of rotatable bonds is 8. The van der Waals surface area contributed by atoms with Gasteiger partial charge in [0, 0.05) is 12.3 Å². The maximum Gasteiger partial charge on any atom is 0.311 e. The predicted octanol–water partition coefficient (Wildman–Crippen LogP) is 3.76. The molecule has 0 saturated carbocycles. The van der Waals surface area contributed by atoms with Crippen molar-refractivity contribution >= 4 is 13.3 Å². The SMILES string of the molecule is O=C(O)C(CP(=O)(O)CCCc1ccccc1)c1ccccc1. The summed E-state index contributed by atoms with van der Waals surface area (Å²) in [6.07, 6.45) is 1.20. The molecule has 2 unspecified atom stereocenters. The second-order valence-electron chi connectivity index (χ2n) is 5.64. The van der Waals surface area contributed by atoms with Gasteiger partial charge < -0.3 is 10.00 Å². The van der Waals surface area contributed by atoms with Gasteiger partial charge in [0.15, 0.2) is 0 Å². The highest BCUT2D eigenvalue weighted by molar-refractivity contribution is 7.58. The molecule has 0 fully saturated rings. The maximum absolute atomic E-state index is 12.4. The van der Waals surface area contributed by atoms with E-state index in [0.717, 1.165) is 5.56 Å². The van der Waals surface area contributed by atoms with Crippen molar-refractivity contribution in [3.05, 3.63) is 71.8 Å². The molecule has 122 valence electrons. The Morgan fingerprint density at radius 1 is 1.00 bits per heavy atom. The topological polar surface area (TPSA) is 74.6 Å². The van der Waals surface area contributed by atoms with Gasteiger partial charge in [-0.1, -0.05) is 60.7 Å². The van der Waals surface area contributed by atoms with E-state index in [1.165, 1.54) is 0 Å². The zero-order valence-corrected chi connectivity index (χ0v) is 13.7. The van der Waals surface area contributed by atoms with Crippen molar-refractivity contribution in [2.45, 2.75) is 18.8 Å². The second kappa shape index (κ2) is 8.09. The number of carbonyl (C=O) groups is 1. The van der Waals surface area contributed by atoms with Crippen molar-refractivity contribution in [2.75, 3.05) is 12.3 Å². The van der Waals surface area contributed by atoms with E-state index in [-0.39, 0.29) is 12.3 Å². The molecule has 23 heavy (non-hydrogen) atoms. The van der Waals surface area contributed by atoms with Gasteiger partial charge in [-0.05, 0) is 24.0 Å². The predicted molar refractivity (Wildman–Crippen MR) is 91.1 cm³/mol. The molecule has 2 rings (SSSR count). The number of hydrogen-bond donors (Lipinski definition) is 2. The van der Waals surface area contributed by atoms with E-state index in [1.54, 1.807) is 30.3 Å². The van der Waals surface area contributed by atoms with Crippen molar-refractivity contribution in [1.82, 2.24) is 0 Å². The third kappa shape index (κ3) is 5.66. The van der Waals surface area contributed by atoms with Gasteiger partial charge in [0.05, 0.1) is 5.92 Å². The average molecular weight is 332 g/mol. The first-order valence-corrected chi connectivity index (χ1v) is 9.63. The van der Waals surface area contributed by atoms with E-state index in [9.17, 15) is 19.4 Å². The molecule has 0 aromatic heterocycles. The van der Waals surface area contributed by atoms with E-state index in [2.05, 4.69) is 0 Å². The number of carboxylic acid groups (broad SMARTS) is 1. The monoisotopic (exact) mass is 332 g/mol. The summed E-state index contributed by atoms with van der Waals surface area (Å²) < 4.78 is 12.4. The minimum atomic E-state index is -3.49. The summed E-state index contributed by atoms with van der Waals surface area (Å²) in [6, 6.07) is 18.4. The normalized spacial score (nSPS) is 14.8. The fraction of sp³-hybridized carbons (Fsp3) is 0.278. The molecule has 5 heteroatoms. The van der Waals surface area contributed by atoms with Gasteiger partial charge in [-0.15, -0.1) is 0 Å². The Balaban J connectivity index is 1.95. The molecule has 0 heterocycles. The van der Waals surface area contributed by atoms with Crippen LogP contribution in [0.3, 0.4) is 0 Å². The van der Waals surface area contributed by atoms with Crippen LogP contribution < -0.4 is 0 Å². The van der Waals surface area contributed by atoms with Crippen LogP contribution in [0.4, 0.5) is 0 Å². The summed E-state index contributed by atoms with van der Waals surface area (Å²) in [4.78, 5) is 21.6. The summed E-state index contributed by atoms with van der Waals surface area (Å²) in [5.41, 5.74) is 1.68. The van der Waals surface area contributed by atoms with Crippen LogP contribution in [0, 0.1) is 0 Å². The number of hydrogen-bond acceptors (Lipinski definition) is 2. The first kappa shape index (κ1) is 17.5. The maximum atomic E-state index is 12.4. The Bertz CT molecular complexity index is 670. The average Bonchev–Trinajstić information content (AvgIpc) is 2.54. The molecule has 2 N–H and O–H groups in total. The van der Waals surface area contributed by atoms with Crippen molar-refractivity contribution in [1.29, 1.82) is 0 Å². The van der Waals surface area contributed by atoms with Crippen LogP contribution in [0.15, 0.2) is 60.7 Å². The number of benzene rings is 2. The minimum Gasteiger partial charge on any atom is -0.481 e. The van der Waals surface area contributed by atoms with Crippen LogP contribution in [-0.2, 0) is 15.8 Å². The van der Waals surface area contributed by atoms with Crippen LogP contribution in [0.2, 0.25) is 0 Å². The lowest BCUT2D eigenvalue weighted by Crippen LogP contribution is -2.17. The molecule has 0 radical (unpaired) electrons. The summed E-state index contributed by atoms with van der Waals surface area (Å²) in [5, 5.41) is 9.36. The van der Waals surface area contributed by atoms with Gasteiger partial charge in [-0.3, -0.25) is 9.36 Å². The van der Waals surface area contributed by atoms with Crippen LogP contribution >= 0.6 is 7.37 Å². The molecular weight excluding hydrogens is 311 g/mol. The Kier molecular flexibility index (Phi) is 6.14. The summed E-state index contributed by atoms with van der Waals surface area (Å²) in [6.45, 7) is 0. The second-order valence-corrected chi connectivity index (χ2v) is 8.15. The molecule has 0 saturated heterocycles. The van der Waals surface area contributed by atoms with E-state index in [4.69, 9.17) is 0 Å². The fourth-order valence-corrected chi connectivity index (χ4v) is 4.34. The zero-order chi connectivity index (χ0) is 16.7. The first-order valence-electron chi connectivity index (χ1n) is 7.60. The largest absolute Gasteiger partial charge is 0.481 e. The van der Waals surface area contributed by atoms with Gasteiger partial charge in [0.2, 0.25) is 7.37 Å². The van der Waals surface area contributed by atoms with E-state index in [0.29, 0.717) is 18.4 Å². The van der Waals surface area contributed by atoms with Crippen LogP contribution in [0.5, 0.6) is 0 Å². The smallest absolute Gasteiger partial charge is 0.311 e. The van der Waals surface area contributed by atoms with Gasteiger partial charge in [-0.25, -0.2) is 0 Å². The molecular formula is C18H21O4P. The number of aliphatic carboxylic acids is 1. The number of aryl methyl sites for hydroxylation is 1.